The minimum absolute atomic E-state index is 0.701. The number of aliphatic hydroxyl groups is 1. The van der Waals surface area contributed by atoms with E-state index in [9.17, 15) is 5.11 Å². The highest BCUT2D eigenvalue weighted by Crippen LogP contribution is 2.26. The van der Waals surface area contributed by atoms with Crippen molar-refractivity contribution in [3.05, 3.63) is 35.9 Å². The van der Waals surface area contributed by atoms with E-state index in [1.54, 1.807) is 0 Å². The monoisotopic (exact) mass is 242 g/mol. The summed E-state index contributed by atoms with van der Waals surface area (Å²) in [7, 11) is 0. The Hall–Kier alpha value is -1.26. The van der Waals surface area contributed by atoms with Gasteiger partial charge in [0.1, 0.15) is 5.60 Å². The summed E-state index contributed by atoms with van der Waals surface area (Å²) >= 11 is 0. The van der Waals surface area contributed by atoms with Gasteiger partial charge in [0.15, 0.2) is 0 Å². The van der Waals surface area contributed by atoms with Crippen molar-refractivity contribution in [2.24, 2.45) is 0 Å². The van der Waals surface area contributed by atoms with Gasteiger partial charge in [0.25, 0.3) is 0 Å². The molecule has 0 saturated heterocycles. The van der Waals surface area contributed by atoms with E-state index in [1.165, 1.54) is 18.4 Å². The molecule has 2 rings (SSSR count). The second-order valence-corrected chi connectivity index (χ2v) is 5.23. The zero-order chi connectivity index (χ0) is 12.7. The van der Waals surface area contributed by atoms with Crippen molar-refractivity contribution in [2.45, 2.75) is 57.0 Å². The second kappa shape index (κ2) is 6.61. The van der Waals surface area contributed by atoms with Gasteiger partial charge < -0.3 is 5.11 Å². The van der Waals surface area contributed by atoms with Crippen LogP contribution in [0.2, 0.25) is 0 Å². The van der Waals surface area contributed by atoms with Crippen LogP contribution in [-0.4, -0.2) is 10.7 Å². The Balaban J connectivity index is 1.84. The molecule has 1 aromatic carbocycles. The SMILES string of the molecule is OC1(C#CCCc2ccccc2)CCCCCC1. The predicted octanol–water partition coefficient (Wildman–Crippen LogP) is 3.71. The summed E-state index contributed by atoms with van der Waals surface area (Å²) in [6.07, 6.45) is 8.24. The van der Waals surface area contributed by atoms with Gasteiger partial charge in [-0.05, 0) is 37.7 Å². The number of hydrogen-bond donors (Lipinski definition) is 1. The fourth-order valence-corrected chi connectivity index (χ4v) is 2.52. The van der Waals surface area contributed by atoms with Gasteiger partial charge in [-0.2, -0.15) is 0 Å². The fraction of sp³-hybridized carbons (Fsp3) is 0.529. The lowest BCUT2D eigenvalue weighted by atomic mass is 9.95. The minimum atomic E-state index is -0.701. The Bertz CT molecular complexity index is 402. The summed E-state index contributed by atoms with van der Waals surface area (Å²) in [5.41, 5.74) is 0.618. The van der Waals surface area contributed by atoms with Crippen LogP contribution in [0.1, 0.15) is 50.5 Å². The van der Waals surface area contributed by atoms with E-state index in [0.29, 0.717) is 0 Å². The Kier molecular flexibility index (Phi) is 4.84. The van der Waals surface area contributed by atoms with Crippen LogP contribution in [0.15, 0.2) is 30.3 Å². The minimum Gasteiger partial charge on any atom is -0.378 e. The first-order valence-corrected chi connectivity index (χ1v) is 7.05. The predicted molar refractivity (Wildman–Crippen MR) is 75.2 cm³/mol. The van der Waals surface area contributed by atoms with E-state index < -0.39 is 5.60 Å². The quantitative estimate of drug-likeness (QED) is 0.619. The van der Waals surface area contributed by atoms with Gasteiger partial charge in [-0.25, -0.2) is 0 Å². The van der Waals surface area contributed by atoms with Crippen molar-refractivity contribution >= 4 is 0 Å². The van der Waals surface area contributed by atoms with E-state index in [2.05, 4.69) is 36.1 Å². The lowest BCUT2D eigenvalue weighted by Gasteiger charge is -2.19. The number of rotatable bonds is 2. The zero-order valence-electron chi connectivity index (χ0n) is 11.0. The standard InChI is InChI=1S/C17H22O/c18-17(13-7-1-2-8-14-17)15-9-6-12-16-10-4-3-5-11-16/h3-5,10-11,18H,1-2,6-8,12-14H2. The van der Waals surface area contributed by atoms with Gasteiger partial charge in [-0.15, -0.1) is 0 Å². The molecule has 1 saturated carbocycles. The van der Waals surface area contributed by atoms with Gasteiger partial charge in [0.05, 0.1) is 0 Å². The molecule has 96 valence electrons. The summed E-state index contributed by atoms with van der Waals surface area (Å²) < 4.78 is 0. The molecule has 0 amide bonds. The maximum absolute atomic E-state index is 10.4. The Labute approximate surface area is 110 Å². The fourth-order valence-electron chi connectivity index (χ4n) is 2.52. The summed E-state index contributed by atoms with van der Waals surface area (Å²) in [5, 5.41) is 10.4. The van der Waals surface area contributed by atoms with Crippen molar-refractivity contribution < 1.29 is 5.11 Å². The lowest BCUT2D eigenvalue weighted by molar-refractivity contribution is 0.0848. The molecule has 0 aliphatic heterocycles. The van der Waals surface area contributed by atoms with E-state index in [-0.39, 0.29) is 0 Å². The molecule has 18 heavy (non-hydrogen) atoms. The molecule has 0 aromatic heterocycles. The van der Waals surface area contributed by atoms with Crippen molar-refractivity contribution in [2.75, 3.05) is 0 Å². The van der Waals surface area contributed by atoms with Gasteiger partial charge in [0, 0.05) is 6.42 Å². The summed E-state index contributed by atoms with van der Waals surface area (Å²) in [5.74, 6) is 6.29. The van der Waals surface area contributed by atoms with E-state index in [1.807, 2.05) is 6.07 Å². The van der Waals surface area contributed by atoms with Crippen molar-refractivity contribution in [3.8, 4) is 11.8 Å². The Morgan fingerprint density at radius 1 is 1.00 bits per heavy atom. The summed E-state index contributed by atoms with van der Waals surface area (Å²) in [6.45, 7) is 0. The molecule has 0 unspecified atom stereocenters. The van der Waals surface area contributed by atoms with Crippen LogP contribution in [0.25, 0.3) is 0 Å². The van der Waals surface area contributed by atoms with Gasteiger partial charge in [0.2, 0.25) is 0 Å². The first kappa shape index (κ1) is 13.2. The maximum atomic E-state index is 10.4. The number of hydrogen-bond acceptors (Lipinski definition) is 1. The Morgan fingerprint density at radius 3 is 2.33 bits per heavy atom. The maximum Gasteiger partial charge on any atom is 0.125 e. The summed E-state index contributed by atoms with van der Waals surface area (Å²) in [6, 6.07) is 10.4. The molecule has 1 aliphatic rings. The van der Waals surface area contributed by atoms with Gasteiger partial charge in [-0.3, -0.25) is 0 Å². The van der Waals surface area contributed by atoms with Crippen molar-refractivity contribution in [1.29, 1.82) is 0 Å². The topological polar surface area (TPSA) is 20.2 Å². The molecule has 0 heterocycles. The highest BCUT2D eigenvalue weighted by molar-refractivity contribution is 5.18. The highest BCUT2D eigenvalue weighted by atomic mass is 16.3. The smallest absolute Gasteiger partial charge is 0.125 e. The Morgan fingerprint density at radius 2 is 1.67 bits per heavy atom. The largest absolute Gasteiger partial charge is 0.378 e. The molecule has 1 fully saturated rings. The third kappa shape index (κ3) is 4.20. The van der Waals surface area contributed by atoms with Crippen molar-refractivity contribution in [3.63, 3.8) is 0 Å². The van der Waals surface area contributed by atoms with Crippen LogP contribution in [0.3, 0.4) is 0 Å². The normalized spacial score (nSPS) is 18.5. The molecule has 1 nitrogen and oxygen atoms in total. The summed E-state index contributed by atoms with van der Waals surface area (Å²) in [4.78, 5) is 0. The average molecular weight is 242 g/mol. The van der Waals surface area contributed by atoms with Crippen LogP contribution in [0.4, 0.5) is 0 Å². The lowest BCUT2D eigenvalue weighted by Crippen LogP contribution is -2.25. The molecular weight excluding hydrogens is 220 g/mol. The first-order chi connectivity index (χ1) is 8.79. The van der Waals surface area contributed by atoms with Crippen LogP contribution in [0.5, 0.6) is 0 Å². The third-order valence-corrected chi connectivity index (χ3v) is 3.63. The van der Waals surface area contributed by atoms with Gasteiger partial charge >= 0.3 is 0 Å². The van der Waals surface area contributed by atoms with Crippen molar-refractivity contribution in [1.82, 2.24) is 0 Å². The van der Waals surface area contributed by atoms with Crippen LogP contribution < -0.4 is 0 Å². The van der Waals surface area contributed by atoms with Gasteiger partial charge in [-0.1, -0.05) is 55.0 Å². The zero-order valence-corrected chi connectivity index (χ0v) is 11.0. The molecule has 0 spiro atoms. The molecule has 1 aliphatic carbocycles. The number of aryl methyl sites for hydroxylation is 1. The molecular formula is C17H22O. The molecule has 1 aromatic rings. The van der Waals surface area contributed by atoms with E-state index in [0.717, 1.165) is 38.5 Å². The van der Waals surface area contributed by atoms with E-state index >= 15 is 0 Å². The van der Waals surface area contributed by atoms with Crippen LogP contribution >= 0.6 is 0 Å². The third-order valence-electron chi connectivity index (χ3n) is 3.63. The van der Waals surface area contributed by atoms with Crippen LogP contribution in [-0.2, 0) is 6.42 Å². The second-order valence-electron chi connectivity index (χ2n) is 5.23. The molecule has 0 atom stereocenters. The van der Waals surface area contributed by atoms with E-state index in [4.69, 9.17) is 0 Å². The first-order valence-electron chi connectivity index (χ1n) is 7.05. The number of benzene rings is 1. The molecule has 1 N–H and O–H groups in total. The highest BCUT2D eigenvalue weighted by Gasteiger charge is 2.24. The molecule has 1 heteroatoms. The van der Waals surface area contributed by atoms with Crippen LogP contribution in [0, 0.1) is 11.8 Å². The average Bonchev–Trinajstić information content (AvgIpc) is 2.61. The molecule has 0 radical (unpaired) electrons. The molecule has 0 bridgehead atoms.